The fourth-order valence-electron chi connectivity index (χ4n) is 2.22. The second-order valence-corrected chi connectivity index (χ2v) is 5.15. The van der Waals surface area contributed by atoms with Gasteiger partial charge < -0.3 is 15.3 Å². The van der Waals surface area contributed by atoms with E-state index >= 15 is 0 Å². The third-order valence-electron chi connectivity index (χ3n) is 3.26. The quantitative estimate of drug-likeness (QED) is 0.693. The van der Waals surface area contributed by atoms with Gasteiger partial charge in [0.05, 0.1) is 6.54 Å². The highest BCUT2D eigenvalue weighted by Crippen LogP contribution is 2.27. The number of nitrogens with one attached hydrogen (secondary N) is 3. The Labute approximate surface area is 124 Å². The van der Waals surface area contributed by atoms with Crippen molar-refractivity contribution in [2.75, 3.05) is 6.54 Å². The van der Waals surface area contributed by atoms with Crippen LogP contribution in [-0.4, -0.2) is 33.3 Å². The minimum Gasteiger partial charge on any atom is -0.357 e. The van der Waals surface area contributed by atoms with E-state index in [2.05, 4.69) is 20.3 Å². The second kappa shape index (κ2) is 5.25. The van der Waals surface area contributed by atoms with Gasteiger partial charge in [-0.25, -0.2) is 13.8 Å². The second-order valence-electron chi connectivity index (χ2n) is 5.15. The maximum Gasteiger partial charge on any atom is 0.267 e. The molecule has 0 spiro atoms. The molecule has 0 aliphatic rings. The van der Waals surface area contributed by atoms with Crippen molar-refractivity contribution in [1.29, 1.82) is 0 Å². The van der Waals surface area contributed by atoms with Crippen molar-refractivity contribution in [3.05, 3.63) is 42.5 Å². The number of rotatable bonds is 4. The highest BCUT2D eigenvalue weighted by Gasteiger charge is 2.22. The molecule has 3 heterocycles. The summed E-state index contributed by atoms with van der Waals surface area (Å²) in [6.45, 7) is 0.0600. The van der Waals surface area contributed by atoms with Gasteiger partial charge in [-0.15, -0.1) is 0 Å². The Morgan fingerprint density at radius 2 is 2.18 bits per heavy atom. The summed E-state index contributed by atoms with van der Waals surface area (Å²) in [7, 11) is 0. The zero-order valence-electron chi connectivity index (χ0n) is 11.8. The summed E-state index contributed by atoms with van der Waals surface area (Å²) in [5, 5.41) is 3.12. The van der Waals surface area contributed by atoms with Gasteiger partial charge in [-0.3, -0.25) is 4.79 Å². The minimum absolute atomic E-state index is 0.236. The van der Waals surface area contributed by atoms with Crippen molar-refractivity contribution in [1.82, 2.24) is 20.3 Å². The van der Waals surface area contributed by atoms with Crippen LogP contribution in [-0.2, 0) is 0 Å². The maximum absolute atomic E-state index is 12.8. The van der Waals surface area contributed by atoms with Gasteiger partial charge in [0.25, 0.3) is 11.8 Å². The predicted molar refractivity (Wildman–Crippen MR) is 78.8 cm³/mol. The summed E-state index contributed by atoms with van der Waals surface area (Å²) < 4.78 is 25.5. The lowest BCUT2D eigenvalue weighted by Gasteiger charge is -2.10. The number of nitrogens with zero attached hydrogens (tertiary/aromatic N) is 1. The van der Waals surface area contributed by atoms with Gasteiger partial charge >= 0.3 is 0 Å². The molecule has 0 saturated carbocycles. The van der Waals surface area contributed by atoms with Crippen molar-refractivity contribution >= 4 is 16.9 Å². The largest absolute Gasteiger partial charge is 0.357 e. The van der Waals surface area contributed by atoms with E-state index in [4.69, 9.17) is 0 Å². The highest BCUT2D eigenvalue weighted by atomic mass is 19.3. The molecule has 5 nitrogen and oxygen atoms in total. The molecular formula is C15H14F2N4O. The molecule has 3 aromatic rings. The Morgan fingerprint density at radius 1 is 1.36 bits per heavy atom. The van der Waals surface area contributed by atoms with E-state index in [-0.39, 0.29) is 5.69 Å². The summed E-state index contributed by atoms with van der Waals surface area (Å²) in [5.74, 6) is -3.50. The number of aromatic nitrogens is 3. The number of H-pyrrole nitrogens is 2. The topological polar surface area (TPSA) is 73.6 Å². The molecule has 0 aromatic carbocycles. The number of amides is 1. The SMILES string of the molecule is CC(F)(F)CNC(=O)c1cc(-c2ccnc3[nH]ccc23)c[nH]1. The van der Waals surface area contributed by atoms with E-state index in [1.807, 2.05) is 12.1 Å². The summed E-state index contributed by atoms with van der Waals surface area (Å²) in [6.07, 6.45) is 5.12. The van der Waals surface area contributed by atoms with Gasteiger partial charge in [-0.1, -0.05) is 0 Å². The molecule has 114 valence electrons. The van der Waals surface area contributed by atoms with Crippen LogP contribution in [0, 0.1) is 0 Å². The predicted octanol–water partition coefficient (Wildman–Crippen LogP) is 2.94. The summed E-state index contributed by atoms with van der Waals surface area (Å²) in [6, 6.07) is 5.36. The van der Waals surface area contributed by atoms with Crippen molar-refractivity contribution in [3.8, 4) is 11.1 Å². The molecule has 0 saturated heterocycles. The van der Waals surface area contributed by atoms with Crippen LogP contribution in [0.3, 0.4) is 0 Å². The van der Waals surface area contributed by atoms with Crippen LogP contribution in [0.25, 0.3) is 22.2 Å². The standard InChI is InChI=1S/C15H14F2N4O/c1-15(16,17)8-21-14(22)12-6-9(7-20-12)10-2-4-18-13-11(10)3-5-19-13/h2-7,20H,8H2,1H3,(H,18,19)(H,21,22). The third kappa shape index (κ3) is 2.83. The lowest BCUT2D eigenvalue weighted by atomic mass is 10.1. The third-order valence-corrected chi connectivity index (χ3v) is 3.26. The van der Waals surface area contributed by atoms with Crippen molar-refractivity contribution in [2.45, 2.75) is 12.8 Å². The summed E-state index contributed by atoms with van der Waals surface area (Å²) in [5.41, 5.74) is 2.68. The molecule has 0 fully saturated rings. The molecule has 0 unspecified atom stereocenters. The zero-order chi connectivity index (χ0) is 15.7. The fourth-order valence-corrected chi connectivity index (χ4v) is 2.22. The highest BCUT2D eigenvalue weighted by molar-refractivity contribution is 5.97. The Morgan fingerprint density at radius 3 is 2.95 bits per heavy atom. The van der Waals surface area contributed by atoms with Crippen LogP contribution < -0.4 is 5.32 Å². The number of carbonyl (C=O) groups excluding carboxylic acids is 1. The Kier molecular flexibility index (Phi) is 3.40. The molecule has 22 heavy (non-hydrogen) atoms. The first-order valence-corrected chi connectivity index (χ1v) is 6.71. The molecule has 1 amide bonds. The number of hydrogen-bond donors (Lipinski definition) is 3. The average molecular weight is 304 g/mol. The first-order valence-electron chi connectivity index (χ1n) is 6.71. The molecule has 0 radical (unpaired) electrons. The fraction of sp³-hybridized carbons (Fsp3) is 0.200. The normalized spacial score (nSPS) is 11.8. The van der Waals surface area contributed by atoms with Gasteiger partial charge in [0.1, 0.15) is 11.3 Å². The van der Waals surface area contributed by atoms with E-state index < -0.39 is 18.4 Å². The molecule has 0 aliphatic heterocycles. The molecule has 0 bridgehead atoms. The lowest BCUT2D eigenvalue weighted by molar-refractivity contribution is 0.0220. The average Bonchev–Trinajstić information content (AvgIpc) is 3.12. The van der Waals surface area contributed by atoms with Crippen LogP contribution in [0.15, 0.2) is 36.8 Å². The zero-order valence-corrected chi connectivity index (χ0v) is 11.8. The van der Waals surface area contributed by atoms with Crippen LogP contribution >= 0.6 is 0 Å². The van der Waals surface area contributed by atoms with Crippen LogP contribution in [0.2, 0.25) is 0 Å². The van der Waals surface area contributed by atoms with Crippen molar-refractivity contribution < 1.29 is 13.6 Å². The Balaban J connectivity index is 1.85. The lowest BCUT2D eigenvalue weighted by Crippen LogP contribution is -2.34. The van der Waals surface area contributed by atoms with Gasteiger partial charge in [0.2, 0.25) is 0 Å². The first kappa shape index (κ1) is 14.2. The van der Waals surface area contributed by atoms with E-state index in [1.165, 1.54) is 0 Å². The molecule has 3 rings (SSSR count). The van der Waals surface area contributed by atoms with Gasteiger partial charge in [0.15, 0.2) is 0 Å². The van der Waals surface area contributed by atoms with Gasteiger partial charge in [-0.05, 0) is 23.8 Å². The Bertz CT molecular complexity index is 816. The molecule has 0 atom stereocenters. The molecular weight excluding hydrogens is 290 g/mol. The van der Waals surface area contributed by atoms with Gasteiger partial charge in [-0.2, -0.15) is 0 Å². The van der Waals surface area contributed by atoms with E-state index in [0.29, 0.717) is 0 Å². The monoisotopic (exact) mass is 304 g/mol. The van der Waals surface area contributed by atoms with Crippen LogP contribution in [0.1, 0.15) is 17.4 Å². The molecule has 3 N–H and O–H groups in total. The number of fused-ring (bicyclic) bond motifs is 1. The number of hydrogen-bond acceptors (Lipinski definition) is 2. The van der Waals surface area contributed by atoms with E-state index in [0.717, 1.165) is 29.1 Å². The number of alkyl halides is 2. The number of pyridine rings is 1. The summed E-state index contributed by atoms with van der Waals surface area (Å²) in [4.78, 5) is 21.9. The molecule has 7 heteroatoms. The number of carbonyl (C=O) groups is 1. The maximum atomic E-state index is 12.8. The summed E-state index contributed by atoms with van der Waals surface area (Å²) >= 11 is 0. The van der Waals surface area contributed by atoms with Crippen molar-refractivity contribution in [2.24, 2.45) is 0 Å². The van der Waals surface area contributed by atoms with E-state index in [9.17, 15) is 13.6 Å². The smallest absolute Gasteiger partial charge is 0.267 e. The van der Waals surface area contributed by atoms with E-state index in [1.54, 1.807) is 24.7 Å². The molecule has 0 aliphatic carbocycles. The van der Waals surface area contributed by atoms with Gasteiger partial charge in [0, 0.05) is 36.5 Å². The van der Waals surface area contributed by atoms with Crippen LogP contribution in [0.4, 0.5) is 8.78 Å². The number of aromatic amines is 2. The van der Waals surface area contributed by atoms with Crippen LogP contribution in [0.5, 0.6) is 0 Å². The minimum atomic E-state index is -2.94. The Hall–Kier alpha value is -2.70. The van der Waals surface area contributed by atoms with Crippen molar-refractivity contribution in [3.63, 3.8) is 0 Å². The first-order chi connectivity index (χ1) is 10.4. The number of halogens is 2. The molecule has 3 aromatic heterocycles.